The van der Waals surface area contributed by atoms with Crippen molar-refractivity contribution in [1.29, 1.82) is 0 Å². The van der Waals surface area contributed by atoms with E-state index in [1.165, 1.54) is 6.26 Å². The van der Waals surface area contributed by atoms with Gasteiger partial charge >= 0.3 is 0 Å². The molecule has 0 spiro atoms. The van der Waals surface area contributed by atoms with Gasteiger partial charge in [-0.2, -0.15) is 0 Å². The zero-order valence-corrected chi connectivity index (χ0v) is 7.06. The van der Waals surface area contributed by atoms with Crippen molar-refractivity contribution in [3.63, 3.8) is 0 Å². The van der Waals surface area contributed by atoms with Gasteiger partial charge in [0.1, 0.15) is 5.88 Å². The molecule has 1 amide bonds. The van der Waals surface area contributed by atoms with Crippen molar-refractivity contribution in [1.82, 2.24) is 5.32 Å². The molecule has 0 atom stereocenters. The molecule has 0 aliphatic rings. The van der Waals surface area contributed by atoms with Crippen LogP contribution in [0.5, 0.6) is 0 Å². The highest BCUT2D eigenvalue weighted by Crippen LogP contribution is 1.81. The third-order valence-corrected chi connectivity index (χ3v) is 1.24. The van der Waals surface area contributed by atoms with Gasteiger partial charge in [0, 0.05) is 6.54 Å². The topological polar surface area (TPSA) is 38.3 Å². The first-order valence-corrected chi connectivity index (χ1v) is 3.90. The fraction of sp³-hybridized carbons (Fsp3) is 0.571. The second-order valence-corrected chi connectivity index (χ2v) is 2.14. The van der Waals surface area contributed by atoms with Crippen molar-refractivity contribution in [2.45, 2.75) is 6.42 Å². The minimum atomic E-state index is -0.148. The van der Waals surface area contributed by atoms with Gasteiger partial charge in [-0.3, -0.25) is 4.79 Å². The van der Waals surface area contributed by atoms with Crippen LogP contribution in [0.1, 0.15) is 6.42 Å². The monoisotopic (exact) mass is 177 g/mol. The van der Waals surface area contributed by atoms with Gasteiger partial charge in [-0.1, -0.05) is 6.58 Å². The number of halogens is 1. The Bertz CT molecular complexity index is 128. The minimum absolute atomic E-state index is 0.0162. The van der Waals surface area contributed by atoms with E-state index >= 15 is 0 Å². The van der Waals surface area contributed by atoms with Crippen LogP contribution in [0.4, 0.5) is 0 Å². The third kappa shape index (κ3) is 7.19. The van der Waals surface area contributed by atoms with E-state index in [4.69, 9.17) is 16.3 Å². The van der Waals surface area contributed by atoms with Gasteiger partial charge in [0.15, 0.2) is 0 Å². The van der Waals surface area contributed by atoms with E-state index in [1.54, 1.807) is 0 Å². The van der Waals surface area contributed by atoms with Gasteiger partial charge in [-0.15, -0.1) is 11.6 Å². The Labute approximate surface area is 71.4 Å². The van der Waals surface area contributed by atoms with Gasteiger partial charge in [0.05, 0.1) is 12.9 Å². The van der Waals surface area contributed by atoms with E-state index in [2.05, 4.69) is 11.9 Å². The largest absolute Gasteiger partial charge is 0.502 e. The summed E-state index contributed by atoms with van der Waals surface area (Å²) >= 11 is 5.23. The highest BCUT2D eigenvalue weighted by molar-refractivity contribution is 6.27. The van der Waals surface area contributed by atoms with E-state index in [0.717, 1.165) is 6.42 Å². The Morgan fingerprint density at radius 1 is 1.73 bits per heavy atom. The van der Waals surface area contributed by atoms with Crippen LogP contribution in [0.3, 0.4) is 0 Å². The molecule has 0 aliphatic heterocycles. The first kappa shape index (κ1) is 10.3. The fourth-order valence-electron chi connectivity index (χ4n) is 0.514. The summed E-state index contributed by atoms with van der Waals surface area (Å²) in [6.45, 7) is 4.55. The molecule has 11 heavy (non-hydrogen) atoms. The number of amides is 1. The van der Waals surface area contributed by atoms with E-state index < -0.39 is 0 Å². The molecule has 0 aromatic heterocycles. The molecule has 0 bridgehead atoms. The molecule has 0 saturated carbocycles. The van der Waals surface area contributed by atoms with Crippen LogP contribution in [-0.4, -0.2) is 24.9 Å². The SMILES string of the molecule is C=COCCCNC(=O)CCl. The zero-order valence-electron chi connectivity index (χ0n) is 6.31. The summed E-state index contributed by atoms with van der Waals surface area (Å²) < 4.78 is 4.83. The average molecular weight is 178 g/mol. The van der Waals surface area contributed by atoms with E-state index in [-0.39, 0.29) is 11.8 Å². The van der Waals surface area contributed by atoms with Crippen molar-refractivity contribution < 1.29 is 9.53 Å². The first-order chi connectivity index (χ1) is 5.31. The Kier molecular flexibility index (Phi) is 6.94. The van der Waals surface area contributed by atoms with Crippen LogP contribution in [0.15, 0.2) is 12.8 Å². The number of alkyl halides is 1. The maximum absolute atomic E-state index is 10.5. The number of ether oxygens (including phenoxy) is 1. The van der Waals surface area contributed by atoms with Crippen molar-refractivity contribution in [3.05, 3.63) is 12.8 Å². The van der Waals surface area contributed by atoms with Crippen LogP contribution in [0.2, 0.25) is 0 Å². The van der Waals surface area contributed by atoms with E-state index in [0.29, 0.717) is 13.2 Å². The lowest BCUT2D eigenvalue weighted by atomic mass is 10.4. The second-order valence-electron chi connectivity index (χ2n) is 1.87. The Morgan fingerprint density at radius 3 is 3.00 bits per heavy atom. The lowest BCUT2D eigenvalue weighted by Gasteiger charge is -2.01. The van der Waals surface area contributed by atoms with Crippen LogP contribution < -0.4 is 5.32 Å². The van der Waals surface area contributed by atoms with Gasteiger partial charge < -0.3 is 10.1 Å². The Balaban J connectivity index is 3.01. The predicted molar refractivity (Wildman–Crippen MR) is 44.5 cm³/mol. The van der Waals surface area contributed by atoms with Gasteiger partial charge in [-0.25, -0.2) is 0 Å². The maximum Gasteiger partial charge on any atom is 0.234 e. The van der Waals surface area contributed by atoms with E-state index in [1.807, 2.05) is 0 Å². The molecule has 3 nitrogen and oxygen atoms in total. The minimum Gasteiger partial charge on any atom is -0.502 e. The highest BCUT2D eigenvalue weighted by atomic mass is 35.5. The third-order valence-electron chi connectivity index (χ3n) is 1.00. The molecule has 64 valence electrons. The summed E-state index contributed by atoms with van der Waals surface area (Å²) in [5.41, 5.74) is 0. The zero-order chi connectivity index (χ0) is 8.53. The number of hydrogen-bond acceptors (Lipinski definition) is 2. The lowest BCUT2D eigenvalue weighted by Crippen LogP contribution is -2.25. The molecule has 0 unspecified atom stereocenters. The molecule has 1 N–H and O–H groups in total. The molecular weight excluding hydrogens is 166 g/mol. The van der Waals surface area contributed by atoms with Crippen LogP contribution in [0.25, 0.3) is 0 Å². The average Bonchev–Trinajstić information content (AvgIpc) is 2.04. The molecule has 0 rings (SSSR count). The summed E-state index contributed by atoms with van der Waals surface area (Å²) in [5, 5.41) is 2.61. The van der Waals surface area contributed by atoms with Crippen LogP contribution in [0, 0.1) is 0 Å². The molecule has 0 aromatic carbocycles. The maximum atomic E-state index is 10.5. The summed E-state index contributed by atoms with van der Waals surface area (Å²) in [4.78, 5) is 10.5. The molecular formula is C7H12ClNO2. The molecule has 0 saturated heterocycles. The molecule has 0 radical (unpaired) electrons. The number of rotatable bonds is 6. The van der Waals surface area contributed by atoms with Gasteiger partial charge in [0.2, 0.25) is 5.91 Å². The van der Waals surface area contributed by atoms with Crippen molar-refractivity contribution in [2.24, 2.45) is 0 Å². The predicted octanol–water partition coefficient (Wildman–Crippen LogP) is 0.892. The summed E-state index contributed by atoms with van der Waals surface area (Å²) in [6, 6.07) is 0. The number of hydrogen-bond donors (Lipinski definition) is 1. The lowest BCUT2D eigenvalue weighted by molar-refractivity contribution is -0.118. The quantitative estimate of drug-likeness (QED) is 0.372. The van der Waals surface area contributed by atoms with Crippen molar-refractivity contribution in [2.75, 3.05) is 19.0 Å². The van der Waals surface area contributed by atoms with Gasteiger partial charge in [0.25, 0.3) is 0 Å². The van der Waals surface area contributed by atoms with Crippen LogP contribution >= 0.6 is 11.6 Å². The van der Waals surface area contributed by atoms with Crippen molar-refractivity contribution in [3.8, 4) is 0 Å². The van der Waals surface area contributed by atoms with Gasteiger partial charge in [-0.05, 0) is 6.42 Å². The number of nitrogens with one attached hydrogen (secondary N) is 1. The fourth-order valence-corrected chi connectivity index (χ4v) is 0.608. The number of carbonyl (C=O) groups excluding carboxylic acids is 1. The standard InChI is InChI=1S/C7H12ClNO2/c1-2-11-5-3-4-9-7(10)6-8/h2H,1,3-6H2,(H,9,10). The molecule has 0 fully saturated rings. The smallest absolute Gasteiger partial charge is 0.234 e. The second kappa shape index (κ2) is 7.41. The van der Waals surface area contributed by atoms with Crippen molar-refractivity contribution >= 4 is 17.5 Å². The molecule has 4 heteroatoms. The molecule has 0 aromatic rings. The van der Waals surface area contributed by atoms with Crippen LogP contribution in [-0.2, 0) is 9.53 Å². The first-order valence-electron chi connectivity index (χ1n) is 3.36. The molecule has 0 aliphatic carbocycles. The normalized spacial score (nSPS) is 8.82. The van der Waals surface area contributed by atoms with E-state index in [9.17, 15) is 4.79 Å². The summed E-state index contributed by atoms with van der Waals surface area (Å²) in [7, 11) is 0. The summed E-state index contributed by atoms with van der Waals surface area (Å²) in [5.74, 6) is -0.132. The Hall–Kier alpha value is -0.700. The summed E-state index contributed by atoms with van der Waals surface area (Å²) in [6.07, 6.45) is 2.15. The Morgan fingerprint density at radius 2 is 2.45 bits per heavy atom. The number of carbonyl (C=O) groups is 1. The highest BCUT2D eigenvalue weighted by Gasteiger charge is 1.94. The molecule has 0 heterocycles.